The first kappa shape index (κ1) is 14.3. The Morgan fingerprint density at radius 1 is 1.00 bits per heavy atom. The first-order chi connectivity index (χ1) is 10.3. The quantitative estimate of drug-likeness (QED) is 0.872. The van der Waals surface area contributed by atoms with Crippen molar-refractivity contribution in [1.82, 2.24) is 14.9 Å². The predicted octanol–water partition coefficient (Wildman–Crippen LogP) is 3.01. The Labute approximate surface area is 130 Å². The molecule has 0 N–H and O–H groups in total. The second-order valence-electron chi connectivity index (χ2n) is 5.27. The summed E-state index contributed by atoms with van der Waals surface area (Å²) in [6.07, 6.45) is 3.59. The molecule has 3 rings (SSSR count). The van der Waals surface area contributed by atoms with Crippen molar-refractivity contribution in [3.05, 3.63) is 53.3 Å². The van der Waals surface area contributed by atoms with Gasteiger partial charge in [0.1, 0.15) is 0 Å². The fraction of sp³-hybridized carbons (Fsp3) is 0.375. The van der Waals surface area contributed by atoms with Crippen molar-refractivity contribution in [2.75, 3.05) is 31.1 Å². The Morgan fingerprint density at radius 2 is 1.67 bits per heavy atom. The predicted molar refractivity (Wildman–Crippen MR) is 85.7 cm³/mol. The number of rotatable bonds is 3. The van der Waals surface area contributed by atoms with Crippen LogP contribution in [0.3, 0.4) is 0 Å². The van der Waals surface area contributed by atoms with E-state index in [0.717, 1.165) is 37.1 Å². The van der Waals surface area contributed by atoms with Gasteiger partial charge in [-0.1, -0.05) is 29.8 Å². The van der Waals surface area contributed by atoms with Crippen molar-refractivity contribution in [1.29, 1.82) is 0 Å². The summed E-state index contributed by atoms with van der Waals surface area (Å²) in [5.74, 6) is 0.822. The molecule has 2 heterocycles. The standard InChI is InChI=1S/C16H19ClN4/c1-13(14-5-2-3-6-15(14)17)20-9-11-21(12-10-20)16-18-7-4-8-19-16/h2-8,13H,9-12H2,1H3/t13-/m1/s1. The van der Waals surface area contributed by atoms with Crippen LogP contribution in [-0.4, -0.2) is 41.0 Å². The lowest BCUT2D eigenvalue weighted by Crippen LogP contribution is -2.47. The molecule has 110 valence electrons. The topological polar surface area (TPSA) is 32.3 Å². The van der Waals surface area contributed by atoms with Crippen molar-refractivity contribution >= 4 is 17.5 Å². The molecule has 1 aromatic heterocycles. The van der Waals surface area contributed by atoms with Gasteiger partial charge in [0.15, 0.2) is 0 Å². The summed E-state index contributed by atoms with van der Waals surface area (Å²) in [4.78, 5) is 13.3. The summed E-state index contributed by atoms with van der Waals surface area (Å²) in [6, 6.07) is 10.3. The summed E-state index contributed by atoms with van der Waals surface area (Å²) >= 11 is 6.31. The van der Waals surface area contributed by atoms with Crippen LogP contribution in [0.25, 0.3) is 0 Å². The van der Waals surface area contributed by atoms with Gasteiger partial charge >= 0.3 is 0 Å². The first-order valence-electron chi connectivity index (χ1n) is 7.26. The van der Waals surface area contributed by atoms with Gasteiger partial charge in [0.25, 0.3) is 0 Å². The van der Waals surface area contributed by atoms with E-state index in [4.69, 9.17) is 11.6 Å². The number of benzene rings is 1. The zero-order valence-corrected chi connectivity index (χ0v) is 12.9. The number of anilines is 1. The zero-order chi connectivity index (χ0) is 14.7. The first-order valence-corrected chi connectivity index (χ1v) is 7.64. The molecule has 4 nitrogen and oxygen atoms in total. The molecule has 1 aliphatic rings. The minimum atomic E-state index is 0.331. The Morgan fingerprint density at radius 3 is 2.33 bits per heavy atom. The van der Waals surface area contributed by atoms with Gasteiger partial charge in [-0.15, -0.1) is 0 Å². The molecule has 0 bridgehead atoms. The lowest BCUT2D eigenvalue weighted by Gasteiger charge is -2.38. The zero-order valence-electron chi connectivity index (χ0n) is 12.1. The SMILES string of the molecule is C[C@H](c1ccccc1Cl)N1CCN(c2ncccn2)CC1. The molecule has 21 heavy (non-hydrogen) atoms. The average Bonchev–Trinajstić information content (AvgIpc) is 2.56. The number of nitrogens with zero attached hydrogens (tertiary/aromatic N) is 4. The van der Waals surface area contributed by atoms with E-state index in [9.17, 15) is 0 Å². The van der Waals surface area contributed by atoms with Gasteiger partial charge in [0.2, 0.25) is 5.95 Å². The second kappa shape index (κ2) is 6.41. The van der Waals surface area contributed by atoms with E-state index in [0.29, 0.717) is 6.04 Å². The Balaban J connectivity index is 1.65. The molecule has 1 aromatic carbocycles. The van der Waals surface area contributed by atoms with Crippen molar-refractivity contribution < 1.29 is 0 Å². The molecule has 0 radical (unpaired) electrons. The minimum Gasteiger partial charge on any atom is -0.338 e. The summed E-state index contributed by atoms with van der Waals surface area (Å²) in [7, 11) is 0. The lowest BCUT2D eigenvalue weighted by molar-refractivity contribution is 0.198. The van der Waals surface area contributed by atoms with Crippen LogP contribution in [0, 0.1) is 0 Å². The Bertz CT molecular complexity index is 582. The molecule has 1 fully saturated rings. The van der Waals surface area contributed by atoms with Crippen LogP contribution in [0.2, 0.25) is 5.02 Å². The van der Waals surface area contributed by atoms with Gasteiger partial charge in [-0.2, -0.15) is 0 Å². The number of piperazine rings is 1. The van der Waals surface area contributed by atoms with Gasteiger partial charge in [-0.25, -0.2) is 9.97 Å². The van der Waals surface area contributed by atoms with E-state index in [1.165, 1.54) is 5.56 Å². The van der Waals surface area contributed by atoms with Crippen LogP contribution in [0.15, 0.2) is 42.7 Å². The fourth-order valence-electron chi connectivity index (χ4n) is 2.77. The molecular weight excluding hydrogens is 284 g/mol. The van der Waals surface area contributed by atoms with E-state index >= 15 is 0 Å². The fourth-order valence-corrected chi connectivity index (χ4v) is 3.07. The molecule has 0 aliphatic carbocycles. The van der Waals surface area contributed by atoms with Crippen molar-refractivity contribution in [3.63, 3.8) is 0 Å². The molecule has 5 heteroatoms. The molecule has 0 saturated carbocycles. The van der Waals surface area contributed by atoms with E-state index in [1.54, 1.807) is 12.4 Å². The molecule has 0 spiro atoms. The highest BCUT2D eigenvalue weighted by atomic mass is 35.5. The van der Waals surface area contributed by atoms with Crippen molar-refractivity contribution in [3.8, 4) is 0 Å². The van der Waals surface area contributed by atoms with Crippen molar-refractivity contribution in [2.24, 2.45) is 0 Å². The van der Waals surface area contributed by atoms with E-state index in [1.807, 2.05) is 24.3 Å². The molecular formula is C16H19ClN4. The van der Waals surface area contributed by atoms with E-state index in [-0.39, 0.29) is 0 Å². The maximum absolute atomic E-state index is 6.31. The normalized spacial score (nSPS) is 17.7. The van der Waals surface area contributed by atoms with Gasteiger partial charge in [0.05, 0.1) is 0 Å². The van der Waals surface area contributed by atoms with Gasteiger partial charge in [0, 0.05) is 49.6 Å². The Hall–Kier alpha value is -1.65. The molecule has 1 saturated heterocycles. The van der Waals surface area contributed by atoms with Crippen LogP contribution >= 0.6 is 11.6 Å². The number of halogens is 1. The van der Waals surface area contributed by atoms with E-state index in [2.05, 4.69) is 32.8 Å². The number of aromatic nitrogens is 2. The highest BCUT2D eigenvalue weighted by molar-refractivity contribution is 6.31. The summed E-state index contributed by atoms with van der Waals surface area (Å²) in [5, 5.41) is 0.846. The molecule has 0 amide bonds. The largest absolute Gasteiger partial charge is 0.338 e. The number of hydrogen-bond donors (Lipinski definition) is 0. The van der Waals surface area contributed by atoms with Crippen LogP contribution < -0.4 is 4.90 Å². The maximum atomic E-state index is 6.31. The summed E-state index contributed by atoms with van der Waals surface area (Å²) in [5.41, 5.74) is 1.20. The van der Waals surface area contributed by atoms with Gasteiger partial charge in [-0.3, -0.25) is 4.90 Å². The second-order valence-corrected chi connectivity index (χ2v) is 5.68. The minimum absolute atomic E-state index is 0.331. The van der Waals surface area contributed by atoms with Gasteiger partial charge < -0.3 is 4.90 Å². The molecule has 1 aliphatic heterocycles. The van der Waals surface area contributed by atoms with Crippen molar-refractivity contribution in [2.45, 2.75) is 13.0 Å². The third-order valence-corrected chi connectivity index (χ3v) is 4.40. The summed E-state index contributed by atoms with van der Waals surface area (Å²) < 4.78 is 0. The lowest BCUT2D eigenvalue weighted by atomic mass is 10.1. The third-order valence-electron chi connectivity index (χ3n) is 4.05. The third kappa shape index (κ3) is 3.17. The Kier molecular flexibility index (Phi) is 4.36. The highest BCUT2D eigenvalue weighted by Crippen LogP contribution is 2.28. The average molecular weight is 303 g/mol. The van der Waals surface area contributed by atoms with Gasteiger partial charge in [-0.05, 0) is 24.6 Å². The molecule has 1 atom stereocenters. The van der Waals surface area contributed by atoms with Crippen LogP contribution in [0.5, 0.6) is 0 Å². The molecule has 0 unspecified atom stereocenters. The number of hydrogen-bond acceptors (Lipinski definition) is 4. The highest BCUT2D eigenvalue weighted by Gasteiger charge is 2.24. The van der Waals surface area contributed by atoms with Crippen LogP contribution in [-0.2, 0) is 0 Å². The monoisotopic (exact) mass is 302 g/mol. The smallest absolute Gasteiger partial charge is 0.225 e. The van der Waals surface area contributed by atoms with E-state index < -0.39 is 0 Å². The molecule has 2 aromatic rings. The van der Waals surface area contributed by atoms with Crippen LogP contribution in [0.4, 0.5) is 5.95 Å². The maximum Gasteiger partial charge on any atom is 0.225 e. The summed E-state index contributed by atoms with van der Waals surface area (Å²) in [6.45, 7) is 6.09. The van der Waals surface area contributed by atoms with Crippen LogP contribution in [0.1, 0.15) is 18.5 Å².